The van der Waals surface area contributed by atoms with Crippen molar-refractivity contribution in [2.24, 2.45) is 11.3 Å². The van der Waals surface area contributed by atoms with E-state index in [-0.39, 0.29) is 12.0 Å². The first-order chi connectivity index (χ1) is 4.92. The Balaban J connectivity index is 2.49. The van der Waals surface area contributed by atoms with Crippen molar-refractivity contribution in [3.05, 3.63) is 0 Å². The van der Waals surface area contributed by atoms with E-state index in [0.29, 0.717) is 5.92 Å². The summed E-state index contributed by atoms with van der Waals surface area (Å²) >= 11 is 0. The summed E-state index contributed by atoms with van der Waals surface area (Å²) in [6.45, 7) is 6.26. The molecule has 11 heavy (non-hydrogen) atoms. The summed E-state index contributed by atoms with van der Waals surface area (Å²) in [4.78, 5) is 0. The predicted molar refractivity (Wildman–Crippen MR) is 44.2 cm³/mol. The number of aliphatic hydroxyl groups excluding tert-OH is 1. The van der Waals surface area contributed by atoms with Crippen LogP contribution in [0.1, 0.15) is 33.6 Å². The summed E-state index contributed by atoms with van der Waals surface area (Å²) in [5.41, 5.74) is -0.517. The van der Waals surface area contributed by atoms with Crippen molar-refractivity contribution in [3.8, 4) is 0 Å². The summed E-state index contributed by atoms with van der Waals surface area (Å²) in [5.74, 6) is 0.308. The zero-order valence-electron chi connectivity index (χ0n) is 7.59. The Hall–Kier alpha value is -0.0800. The highest BCUT2D eigenvalue weighted by Gasteiger charge is 2.51. The molecule has 1 aliphatic carbocycles. The number of rotatable bonds is 2. The molecule has 0 unspecified atom stereocenters. The van der Waals surface area contributed by atoms with Gasteiger partial charge in [0.2, 0.25) is 0 Å². The monoisotopic (exact) mass is 158 g/mol. The molecule has 0 bridgehead atoms. The average molecular weight is 158 g/mol. The van der Waals surface area contributed by atoms with Crippen molar-refractivity contribution in [2.75, 3.05) is 6.61 Å². The zero-order chi connectivity index (χ0) is 8.70. The lowest BCUT2D eigenvalue weighted by Crippen LogP contribution is -2.55. The van der Waals surface area contributed by atoms with Gasteiger partial charge >= 0.3 is 0 Å². The van der Waals surface area contributed by atoms with Crippen LogP contribution in [0.5, 0.6) is 0 Å². The third-order valence-corrected chi connectivity index (χ3v) is 2.92. The number of hydrogen-bond acceptors (Lipinski definition) is 2. The van der Waals surface area contributed by atoms with Gasteiger partial charge in [0.05, 0.1) is 5.60 Å². The Bertz CT molecular complexity index is 146. The number of aliphatic hydroxyl groups is 2. The minimum atomic E-state index is -0.502. The predicted octanol–water partition coefficient (Wildman–Crippen LogP) is 1.17. The van der Waals surface area contributed by atoms with Crippen molar-refractivity contribution in [1.82, 2.24) is 0 Å². The van der Waals surface area contributed by atoms with Crippen LogP contribution in [0.2, 0.25) is 0 Å². The summed E-state index contributed by atoms with van der Waals surface area (Å²) in [7, 11) is 0. The second-order valence-corrected chi connectivity index (χ2v) is 4.58. The first kappa shape index (κ1) is 9.01. The maximum atomic E-state index is 9.84. The molecule has 0 aliphatic heterocycles. The SMILES string of the molecule is CC(C)C1(O)CC(C)(CO)C1. The Morgan fingerprint density at radius 3 is 2.09 bits per heavy atom. The summed E-state index contributed by atoms with van der Waals surface area (Å²) < 4.78 is 0. The zero-order valence-corrected chi connectivity index (χ0v) is 7.59. The maximum absolute atomic E-state index is 9.84. The summed E-state index contributed by atoms with van der Waals surface area (Å²) in [6.07, 6.45) is 1.49. The number of hydrogen-bond donors (Lipinski definition) is 2. The molecule has 0 atom stereocenters. The van der Waals surface area contributed by atoms with Gasteiger partial charge in [0, 0.05) is 6.61 Å². The van der Waals surface area contributed by atoms with Gasteiger partial charge in [-0.1, -0.05) is 20.8 Å². The van der Waals surface area contributed by atoms with Gasteiger partial charge < -0.3 is 10.2 Å². The van der Waals surface area contributed by atoms with E-state index in [2.05, 4.69) is 0 Å². The molecule has 1 rings (SSSR count). The van der Waals surface area contributed by atoms with Crippen LogP contribution in [0.15, 0.2) is 0 Å². The van der Waals surface area contributed by atoms with Crippen LogP contribution < -0.4 is 0 Å². The minimum Gasteiger partial charge on any atom is -0.396 e. The second kappa shape index (κ2) is 2.46. The van der Waals surface area contributed by atoms with Gasteiger partial charge in [-0.2, -0.15) is 0 Å². The Morgan fingerprint density at radius 2 is 1.82 bits per heavy atom. The van der Waals surface area contributed by atoms with E-state index in [1.807, 2.05) is 20.8 Å². The molecule has 0 heterocycles. The Morgan fingerprint density at radius 1 is 1.36 bits per heavy atom. The van der Waals surface area contributed by atoms with E-state index in [1.165, 1.54) is 0 Å². The van der Waals surface area contributed by atoms with Gasteiger partial charge in [0.1, 0.15) is 0 Å². The Kier molecular flexibility index (Phi) is 2.01. The molecule has 0 amide bonds. The largest absolute Gasteiger partial charge is 0.396 e. The van der Waals surface area contributed by atoms with E-state index in [4.69, 9.17) is 5.11 Å². The van der Waals surface area contributed by atoms with Crippen molar-refractivity contribution in [2.45, 2.75) is 39.2 Å². The van der Waals surface area contributed by atoms with Gasteiger partial charge in [-0.3, -0.25) is 0 Å². The van der Waals surface area contributed by atoms with E-state index in [9.17, 15) is 5.11 Å². The van der Waals surface area contributed by atoms with Gasteiger partial charge in [-0.05, 0) is 24.2 Å². The molecular formula is C9H18O2. The van der Waals surface area contributed by atoms with Crippen LogP contribution in [-0.4, -0.2) is 22.4 Å². The fraction of sp³-hybridized carbons (Fsp3) is 1.00. The lowest BCUT2D eigenvalue weighted by Gasteiger charge is -2.53. The minimum absolute atomic E-state index is 0.0149. The molecule has 2 N–H and O–H groups in total. The molecular weight excluding hydrogens is 140 g/mol. The Labute approximate surface area is 68.2 Å². The smallest absolute Gasteiger partial charge is 0.0682 e. The highest BCUT2D eigenvalue weighted by molar-refractivity contribution is 5.03. The maximum Gasteiger partial charge on any atom is 0.0682 e. The molecule has 0 aromatic carbocycles. The van der Waals surface area contributed by atoms with Gasteiger partial charge in [-0.15, -0.1) is 0 Å². The topological polar surface area (TPSA) is 40.5 Å². The van der Waals surface area contributed by atoms with Crippen LogP contribution in [0.4, 0.5) is 0 Å². The first-order valence-electron chi connectivity index (χ1n) is 4.25. The van der Waals surface area contributed by atoms with Crippen molar-refractivity contribution in [3.63, 3.8) is 0 Å². The van der Waals surface area contributed by atoms with E-state index < -0.39 is 5.60 Å². The third-order valence-electron chi connectivity index (χ3n) is 2.92. The normalized spacial score (nSPS) is 44.2. The first-order valence-corrected chi connectivity index (χ1v) is 4.25. The molecule has 0 aromatic rings. The van der Waals surface area contributed by atoms with Crippen LogP contribution in [0.3, 0.4) is 0 Å². The highest BCUT2D eigenvalue weighted by Crippen LogP contribution is 2.51. The van der Waals surface area contributed by atoms with Gasteiger partial charge in [-0.25, -0.2) is 0 Å². The highest BCUT2D eigenvalue weighted by atomic mass is 16.3. The van der Waals surface area contributed by atoms with Crippen LogP contribution in [0.25, 0.3) is 0 Å². The van der Waals surface area contributed by atoms with E-state index in [1.54, 1.807) is 0 Å². The molecule has 0 saturated heterocycles. The molecule has 1 fully saturated rings. The van der Waals surface area contributed by atoms with E-state index in [0.717, 1.165) is 12.8 Å². The van der Waals surface area contributed by atoms with Crippen molar-refractivity contribution < 1.29 is 10.2 Å². The third kappa shape index (κ3) is 1.42. The second-order valence-electron chi connectivity index (χ2n) is 4.58. The van der Waals surface area contributed by atoms with Crippen molar-refractivity contribution in [1.29, 1.82) is 0 Å². The molecule has 0 aromatic heterocycles. The molecule has 0 spiro atoms. The summed E-state index contributed by atoms with van der Waals surface area (Å²) in [6, 6.07) is 0. The molecule has 1 aliphatic rings. The van der Waals surface area contributed by atoms with Crippen molar-refractivity contribution >= 4 is 0 Å². The fourth-order valence-electron chi connectivity index (χ4n) is 1.95. The molecule has 0 radical (unpaired) electrons. The lowest BCUT2D eigenvalue weighted by atomic mass is 9.57. The quantitative estimate of drug-likeness (QED) is 0.633. The van der Waals surface area contributed by atoms with E-state index >= 15 is 0 Å². The van der Waals surface area contributed by atoms with Crippen LogP contribution >= 0.6 is 0 Å². The molecule has 1 saturated carbocycles. The molecule has 66 valence electrons. The standard InChI is InChI=1S/C9H18O2/c1-7(2)9(11)4-8(3,5-9)6-10/h7,10-11H,4-6H2,1-3H3. The molecule has 2 nitrogen and oxygen atoms in total. The van der Waals surface area contributed by atoms with Gasteiger partial charge in [0.15, 0.2) is 0 Å². The summed E-state index contributed by atoms with van der Waals surface area (Å²) in [5, 5.41) is 18.8. The van der Waals surface area contributed by atoms with Crippen LogP contribution in [-0.2, 0) is 0 Å². The molecule has 2 heteroatoms. The van der Waals surface area contributed by atoms with Crippen LogP contribution in [0, 0.1) is 11.3 Å². The average Bonchev–Trinajstić information content (AvgIpc) is 1.84. The lowest BCUT2D eigenvalue weighted by molar-refractivity contribution is -0.163. The fourth-order valence-corrected chi connectivity index (χ4v) is 1.95. The van der Waals surface area contributed by atoms with Gasteiger partial charge in [0.25, 0.3) is 0 Å².